The second-order valence-corrected chi connectivity index (χ2v) is 23.8. The van der Waals surface area contributed by atoms with E-state index in [9.17, 15) is 29.1 Å². The Hall–Kier alpha value is -5.48. The Balaban J connectivity index is 1.47. The number of ether oxygens (including phenoxy) is 6. The van der Waals surface area contributed by atoms with E-state index in [1.54, 1.807) is 113 Å². The number of carbonyl (C=O) groups excluding carboxylic acids is 6. The summed E-state index contributed by atoms with van der Waals surface area (Å²) >= 11 is 0. The molecule has 3 aromatic carbocycles. The van der Waals surface area contributed by atoms with Gasteiger partial charge < -0.3 is 38.0 Å². The topological polar surface area (TPSA) is 187 Å². The zero-order chi connectivity index (χ0) is 48.5. The van der Waals surface area contributed by atoms with Crippen molar-refractivity contribution in [3.05, 3.63) is 119 Å². The number of carbonyl (C=O) groups is 6. The molecule has 3 aromatic rings. The van der Waals surface area contributed by atoms with E-state index < -0.39 is 115 Å². The first-order chi connectivity index (χ1) is 31.8. The number of rotatable bonds is 15. The van der Waals surface area contributed by atoms with Crippen molar-refractivity contribution in [3.8, 4) is 0 Å². The third-order valence-electron chi connectivity index (χ3n) is 15.3. The highest BCUT2D eigenvalue weighted by atomic mass is 28.4. The van der Waals surface area contributed by atoms with Crippen molar-refractivity contribution in [2.24, 2.45) is 16.7 Å². The fourth-order valence-electron chi connectivity index (χ4n) is 11.2. The van der Waals surface area contributed by atoms with Crippen LogP contribution in [0.5, 0.6) is 0 Å². The average molecular weight is 939 g/mol. The lowest BCUT2D eigenvalue weighted by Gasteiger charge is -2.68. The number of aliphatic hydroxyl groups is 1. The van der Waals surface area contributed by atoms with Gasteiger partial charge in [0.05, 0.1) is 29.6 Å². The van der Waals surface area contributed by atoms with Crippen molar-refractivity contribution >= 4 is 43.9 Å². The number of ketones is 2. The Morgan fingerprint density at radius 1 is 0.806 bits per heavy atom. The van der Waals surface area contributed by atoms with Crippen LogP contribution in [-0.2, 0) is 53.8 Å². The maximum atomic E-state index is 16.5. The molecule has 0 unspecified atom stereocenters. The maximum absolute atomic E-state index is 16.5. The minimum absolute atomic E-state index is 0.0703. The number of fused-ring (bicyclic) bond motifs is 5. The summed E-state index contributed by atoms with van der Waals surface area (Å²) in [5.74, 6) is -5.13. The molecule has 1 saturated heterocycles. The summed E-state index contributed by atoms with van der Waals surface area (Å²) in [7, 11) is -2.65. The Kier molecular flexibility index (Phi) is 14.2. The second kappa shape index (κ2) is 19.3. The predicted octanol–water partition coefficient (Wildman–Crippen LogP) is 8.30. The van der Waals surface area contributed by atoms with E-state index in [4.69, 9.17) is 32.8 Å². The third kappa shape index (κ3) is 8.91. The van der Waals surface area contributed by atoms with Crippen LogP contribution in [0.3, 0.4) is 0 Å². The van der Waals surface area contributed by atoms with Crippen molar-refractivity contribution in [1.29, 1.82) is 0 Å². The van der Waals surface area contributed by atoms with Gasteiger partial charge in [0.1, 0.15) is 36.9 Å². The molecule has 14 nitrogen and oxygen atoms in total. The molecule has 1 N–H and O–H groups in total. The van der Waals surface area contributed by atoms with Gasteiger partial charge in [0, 0.05) is 30.7 Å². The lowest BCUT2D eigenvalue weighted by molar-refractivity contribution is -0.344. The molecule has 358 valence electrons. The molecule has 2 saturated carbocycles. The summed E-state index contributed by atoms with van der Waals surface area (Å²) in [6.45, 7) is 13.5. The van der Waals surface area contributed by atoms with Crippen LogP contribution >= 0.6 is 0 Å². The Bertz CT molecular complexity index is 2370. The highest BCUT2D eigenvalue weighted by Gasteiger charge is 2.79. The van der Waals surface area contributed by atoms with Crippen LogP contribution in [0.2, 0.25) is 18.1 Å². The van der Waals surface area contributed by atoms with Gasteiger partial charge in [-0.2, -0.15) is 0 Å². The molecule has 0 spiro atoms. The zero-order valence-electron chi connectivity index (χ0n) is 39.5. The van der Waals surface area contributed by atoms with Crippen LogP contribution in [0.25, 0.3) is 0 Å². The van der Waals surface area contributed by atoms with E-state index in [0.717, 1.165) is 0 Å². The highest BCUT2D eigenvalue weighted by Crippen LogP contribution is 2.65. The molecule has 3 fully saturated rings. The largest absolute Gasteiger partial charge is 0.509 e. The first-order valence-corrected chi connectivity index (χ1v) is 25.7. The van der Waals surface area contributed by atoms with Gasteiger partial charge in [-0.05, 0) is 60.8 Å². The first-order valence-electron chi connectivity index (χ1n) is 23.2. The molecule has 1 aliphatic heterocycles. The lowest BCUT2D eigenvalue weighted by Crippen LogP contribution is -2.82. The summed E-state index contributed by atoms with van der Waals surface area (Å²) in [6.07, 6.45) is -9.01. The third-order valence-corrected chi connectivity index (χ3v) is 19.9. The molecule has 67 heavy (non-hydrogen) atoms. The maximum Gasteiger partial charge on any atom is 0.509 e. The van der Waals surface area contributed by atoms with Gasteiger partial charge in [0.2, 0.25) is 0 Å². The molecular weight excluding hydrogens is 877 g/mol. The van der Waals surface area contributed by atoms with E-state index in [1.807, 2.05) is 26.8 Å². The average Bonchev–Trinajstić information content (AvgIpc) is 3.31. The molecule has 0 radical (unpaired) electrons. The van der Waals surface area contributed by atoms with Crippen molar-refractivity contribution in [1.82, 2.24) is 0 Å². The standard InChI is InChI=1S/C52H62O14Si/c1-9-67(10-2,11-3)66-39-28-40-51(31-61-40,65-33(5)53)44-46(64-47(57)36-25-19-14-20-26-36)52(59)29-38(62-41(55)27-37(54)35-23-17-13-18-24-35)32(4)42(49(52,6)7)43(45(56)50(39,44)8)63-48(58)60-30-34-21-15-12-16-22-34/h12-26,38-40,43-44,46,59H,9-11,27-31H2,1-8H3/t38-,39-,40+,43+,44-,46-,50+,51-,52+/m0/s1. The van der Waals surface area contributed by atoms with Crippen LogP contribution in [0.4, 0.5) is 4.79 Å². The summed E-state index contributed by atoms with van der Waals surface area (Å²) in [5.41, 5.74) is -6.10. The van der Waals surface area contributed by atoms with Gasteiger partial charge >= 0.3 is 24.1 Å². The van der Waals surface area contributed by atoms with Gasteiger partial charge in [-0.25, -0.2) is 9.59 Å². The minimum atomic E-state index is -2.65. The van der Waals surface area contributed by atoms with Crippen LogP contribution in [0.1, 0.15) is 101 Å². The van der Waals surface area contributed by atoms with E-state index in [0.29, 0.717) is 23.7 Å². The van der Waals surface area contributed by atoms with Gasteiger partial charge in [-0.15, -0.1) is 0 Å². The molecule has 0 aromatic heterocycles. The van der Waals surface area contributed by atoms with Crippen LogP contribution < -0.4 is 0 Å². The summed E-state index contributed by atoms with van der Waals surface area (Å²) in [6, 6.07) is 27.3. The van der Waals surface area contributed by atoms with E-state index in [2.05, 4.69) is 0 Å². The molecule has 3 aliphatic carbocycles. The number of benzene rings is 3. The normalized spacial score (nSPS) is 29.7. The molecule has 1 heterocycles. The van der Waals surface area contributed by atoms with E-state index in [-0.39, 0.29) is 41.9 Å². The lowest BCUT2D eigenvalue weighted by atomic mass is 9.44. The fraction of sp³-hybridized carbons (Fsp3) is 0.500. The fourth-order valence-corrected chi connectivity index (χ4v) is 14.2. The van der Waals surface area contributed by atoms with Crippen LogP contribution in [0, 0.1) is 16.7 Å². The molecule has 0 amide bonds. The van der Waals surface area contributed by atoms with Crippen LogP contribution in [-0.4, -0.2) is 97.4 Å². The summed E-state index contributed by atoms with van der Waals surface area (Å²) < 4.78 is 44.7. The van der Waals surface area contributed by atoms with Gasteiger partial charge in [0.25, 0.3) is 0 Å². The number of hydrogen-bond acceptors (Lipinski definition) is 14. The first kappa shape index (κ1) is 49.4. The van der Waals surface area contributed by atoms with Crippen LogP contribution in [0.15, 0.2) is 102 Å². The second-order valence-electron chi connectivity index (χ2n) is 19.1. The van der Waals surface area contributed by atoms with E-state index >= 15 is 4.79 Å². The molecule has 7 rings (SSSR count). The number of esters is 3. The van der Waals surface area contributed by atoms with E-state index in [1.165, 1.54) is 6.92 Å². The highest BCUT2D eigenvalue weighted by molar-refractivity contribution is 6.73. The van der Waals surface area contributed by atoms with Crippen molar-refractivity contribution in [2.45, 2.75) is 141 Å². The van der Waals surface area contributed by atoms with Crippen molar-refractivity contribution < 1.29 is 66.7 Å². The van der Waals surface area contributed by atoms with Gasteiger partial charge in [-0.1, -0.05) is 113 Å². The zero-order valence-corrected chi connectivity index (χ0v) is 40.5. The van der Waals surface area contributed by atoms with Gasteiger partial charge in [-0.3, -0.25) is 19.2 Å². The Morgan fingerprint density at radius 3 is 1.94 bits per heavy atom. The monoisotopic (exact) mass is 938 g/mol. The predicted molar refractivity (Wildman–Crippen MR) is 246 cm³/mol. The number of hydrogen-bond donors (Lipinski definition) is 1. The smallest absolute Gasteiger partial charge is 0.457 e. The quantitative estimate of drug-likeness (QED) is 0.0383. The van der Waals surface area contributed by atoms with Crippen molar-refractivity contribution in [3.63, 3.8) is 0 Å². The SMILES string of the molecule is CC[Si](CC)(CC)O[C@H]1C[C@H]2OC[C@@]2(OC(C)=O)[C@H]2[C@H](OC(=O)c3ccccc3)[C@]3(O)C[C@H](OC(=O)CC(=O)c4ccccc4)C(C)=C([C@@H](OC(=O)OCc4ccccc4)C(=O)[C@]12C)C3(C)C. The molecule has 15 heteroatoms. The minimum Gasteiger partial charge on any atom is -0.457 e. The number of Topliss-reactive ketones (excluding diaryl/α,β-unsaturated/α-hetero) is 2. The summed E-state index contributed by atoms with van der Waals surface area (Å²) in [5, 5.41) is 14.1. The molecule has 9 atom stereocenters. The Morgan fingerprint density at radius 2 is 1.39 bits per heavy atom. The molecule has 4 aliphatic rings. The molecule has 2 bridgehead atoms. The summed E-state index contributed by atoms with van der Waals surface area (Å²) in [4.78, 5) is 85.9. The molecular formula is C52H62O14Si. The Labute approximate surface area is 392 Å². The van der Waals surface area contributed by atoms with Gasteiger partial charge in [0.15, 0.2) is 31.6 Å². The van der Waals surface area contributed by atoms with Crippen molar-refractivity contribution in [2.75, 3.05) is 6.61 Å².